The fourth-order valence-corrected chi connectivity index (χ4v) is 2.36. The van der Waals surface area contributed by atoms with E-state index in [0.717, 1.165) is 11.9 Å². The topological polar surface area (TPSA) is 55.8 Å². The predicted octanol–water partition coefficient (Wildman–Crippen LogP) is 0.110. The normalized spacial score (nSPS) is 42.4. The number of aliphatic hydroxyl groups is 1. The summed E-state index contributed by atoms with van der Waals surface area (Å²) in [4.78, 5) is 10.9. The number of ether oxygens (including phenoxy) is 2. The quantitative estimate of drug-likeness (QED) is 0.397. The Balaban J connectivity index is 2.23. The van der Waals surface area contributed by atoms with Crippen molar-refractivity contribution in [1.82, 2.24) is 0 Å². The molecule has 0 spiro atoms. The average molecular weight is 198 g/mol. The van der Waals surface area contributed by atoms with Gasteiger partial charge in [-0.2, -0.15) is 0 Å². The number of rotatable bonds is 3. The molecule has 0 radical (unpaired) electrons. The number of hydrogen-bond donors (Lipinski definition) is 1. The lowest BCUT2D eigenvalue weighted by atomic mass is 9.80. The number of aldehydes is 1. The van der Waals surface area contributed by atoms with E-state index in [9.17, 15) is 9.90 Å². The largest absolute Gasteiger partial charge is 0.368 e. The molecule has 1 saturated heterocycles. The van der Waals surface area contributed by atoms with Gasteiger partial charge in [0.05, 0.1) is 24.0 Å². The Kier molecular flexibility index (Phi) is 2.43. The first-order chi connectivity index (χ1) is 6.69. The van der Waals surface area contributed by atoms with Crippen LogP contribution in [0.1, 0.15) is 6.92 Å². The highest BCUT2D eigenvalue weighted by Crippen LogP contribution is 2.43. The van der Waals surface area contributed by atoms with Crippen LogP contribution in [0.2, 0.25) is 0 Å². The fraction of sp³-hybridized carbons (Fsp3) is 0.700. The monoisotopic (exact) mass is 198 g/mol. The molecule has 14 heavy (non-hydrogen) atoms. The van der Waals surface area contributed by atoms with E-state index in [0.29, 0.717) is 0 Å². The van der Waals surface area contributed by atoms with E-state index in [-0.39, 0.29) is 24.0 Å². The standard InChI is InChI=1S/C10H14O4/c1-5-3-7-8(10(12)13-2)6(4-11)9(5)14-7/h3-4,6-10,12H,1-2H3. The van der Waals surface area contributed by atoms with Crippen LogP contribution in [0.4, 0.5) is 0 Å². The Labute approximate surface area is 82.5 Å². The molecule has 0 aromatic rings. The molecule has 0 saturated carbocycles. The first-order valence-corrected chi connectivity index (χ1v) is 4.69. The van der Waals surface area contributed by atoms with Gasteiger partial charge in [-0.3, -0.25) is 0 Å². The van der Waals surface area contributed by atoms with E-state index in [4.69, 9.17) is 9.47 Å². The van der Waals surface area contributed by atoms with Crippen LogP contribution in [0.3, 0.4) is 0 Å². The van der Waals surface area contributed by atoms with Crippen LogP contribution < -0.4 is 0 Å². The first kappa shape index (κ1) is 9.83. The van der Waals surface area contributed by atoms with Crippen molar-refractivity contribution in [1.29, 1.82) is 0 Å². The van der Waals surface area contributed by atoms with E-state index in [1.807, 2.05) is 13.0 Å². The van der Waals surface area contributed by atoms with E-state index < -0.39 is 6.29 Å². The van der Waals surface area contributed by atoms with Gasteiger partial charge < -0.3 is 19.4 Å². The molecule has 0 amide bonds. The van der Waals surface area contributed by atoms with Crippen molar-refractivity contribution in [3.63, 3.8) is 0 Å². The van der Waals surface area contributed by atoms with Gasteiger partial charge in [-0.1, -0.05) is 6.08 Å². The summed E-state index contributed by atoms with van der Waals surface area (Å²) in [7, 11) is 1.43. The highest BCUT2D eigenvalue weighted by molar-refractivity contribution is 5.59. The van der Waals surface area contributed by atoms with Crippen molar-refractivity contribution in [2.45, 2.75) is 25.4 Å². The number of fused-ring (bicyclic) bond motifs is 2. The molecule has 1 N–H and O–H groups in total. The second-order valence-corrected chi connectivity index (χ2v) is 3.85. The maximum atomic E-state index is 10.9. The molecule has 4 nitrogen and oxygen atoms in total. The van der Waals surface area contributed by atoms with E-state index in [1.54, 1.807) is 0 Å². The van der Waals surface area contributed by atoms with Crippen molar-refractivity contribution in [3.05, 3.63) is 11.6 Å². The smallest absolute Gasteiger partial charge is 0.160 e. The van der Waals surface area contributed by atoms with E-state index >= 15 is 0 Å². The predicted molar refractivity (Wildman–Crippen MR) is 48.5 cm³/mol. The minimum atomic E-state index is -0.926. The Morgan fingerprint density at radius 3 is 3.00 bits per heavy atom. The summed E-state index contributed by atoms with van der Waals surface area (Å²) in [6.07, 6.45) is 1.55. The molecule has 2 bridgehead atoms. The lowest BCUT2D eigenvalue weighted by Crippen LogP contribution is -2.37. The van der Waals surface area contributed by atoms with Gasteiger partial charge in [0.1, 0.15) is 6.29 Å². The molecule has 0 aromatic heterocycles. The summed E-state index contributed by atoms with van der Waals surface area (Å²) in [5, 5.41) is 9.58. The number of aliphatic hydroxyl groups excluding tert-OH is 1. The molecular weight excluding hydrogens is 184 g/mol. The highest BCUT2D eigenvalue weighted by atomic mass is 16.6. The van der Waals surface area contributed by atoms with Crippen LogP contribution in [0.5, 0.6) is 0 Å². The van der Waals surface area contributed by atoms with Gasteiger partial charge in [0.2, 0.25) is 0 Å². The zero-order valence-electron chi connectivity index (χ0n) is 8.21. The molecule has 5 unspecified atom stereocenters. The lowest BCUT2D eigenvalue weighted by molar-refractivity contribution is -0.136. The SMILES string of the molecule is COC(O)C1C2C=C(C)C(O2)C1C=O. The van der Waals surface area contributed by atoms with Crippen molar-refractivity contribution in [3.8, 4) is 0 Å². The second-order valence-electron chi connectivity index (χ2n) is 3.85. The Hall–Kier alpha value is -0.710. The Morgan fingerprint density at radius 1 is 1.71 bits per heavy atom. The number of carbonyl (C=O) groups excluding carboxylic acids is 1. The molecular formula is C10H14O4. The summed E-state index contributed by atoms with van der Waals surface area (Å²) in [6.45, 7) is 1.94. The number of methoxy groups -OCH3 is 1. The maximum Gasteiger partial charge on any atom is 0.160 e. The molecule has 1 fully saturated rings. The first-order valence-electron chi connectivity index (χ1n) is 4.69. The Bertz CT molecular complexity index is 273. The van der Waals surface area contributed by atoms with Gasteiger partial charge in [0.15, 0.2) is 6.29 Å². The number of hydrogen-bond acceptors (Lipinski definition) is 4. The minimum absolute atomic E-state index is 0.160. The van der Waals surface area contributed by atoms with E-state index in [1.165, 1.54) is 7.11 Å². The zero-order chi connectivity index (χ0) is 10.3. The molecule has 78 valence electrons. The summed E-state index contributed by atoms with van der Waals surface area (Å²) in [5.41, 5.74) is 1.08. The van der Waals surface area contributed by atoms with Crippen LogP contribution in [0.25, 0.3) is 0 Å². The van der Waals surface area contributed by atoms with Crippen LogP contribution in [-0.2, 0) is 14.3 Å². The number of carbonyl (C=O) groups is 1. The van der Waals surface area contributed by atoms with Crippen molar-refractivity contribution in [2.24, 2.45) is 11.8 Å². The summed E-state index contributed by atoms with van der Waals surface area (Å²) in [5.74, 6) is -0.536. The van der Waals surface area contributed by atoms with Crippen LogP contribution in [-0.4, -0.2) is 37.0 Å². The molecule has 0 aliphatic carbocycles. The zero-order valence-corrected chi connectivity index (χ0v) is 8.21. The maximum absolute atomic E-state index is 10.9. The van der Waals surface area contributed by atoms with Gasteiger partial charge in [-0.05, 0) is 12.5 Å². The van der Waals surface area contributed by atoms with Crippen molar-refractivity contribution < 1.29 is 19.4 Å². The van der Waals surface area contributed by atoms with Crippen LogP contribution in [0, 0.1) is 11.8 Å². The Morgan fingerprint density at radius 2 is 2.43 bits per heavy atom. The third-order valence-electron chi connectivity index (χ3n) is 3.08. The molecule has 5 atom stereocenters. The molecule has 2 rings (SSSR count). The summed E-state index contributed by atoms with van der Waals surface area (Å²) in [6, 6.07) is 0. The van der Waals surface area contributed by atoms with Gasteiger partial charge in [-0.15, -0.1) is 0 Å². The van der Waals surface area contributed by atoms with Crippen molar-refractivity contribution in [2.75, 3.05) is 7.11 Å². The second kappa shape index (κ2) is 3.46. The molecule has 2 aliphatic rings. The summed E-state index contributed by atoms with van der Waals surface area (Å²) < 4.78 is 10.4. The average Bonchev–Trinajstić information content (AvgIpc) is 2.71. The van der Waals surface area contributed by atoms with Crippen LogP contribution >= 0.6 is 0 Å². The molecule has 4 heteroatoms. The van der Waals surface area contributed by atoms with E-state index in [2.05, 4.69) is 0 Å². The third kappa shape index (κ3) is 1.22. The van der Waals surface area contributed by atoms with Gasteiger partial charge in [0.25, 0.3) is 0 Å². The van der Waals surface area contributed by atoms with Gasteiger partial charge in [-0.25, -0.2) is 0 Å². The lowest BCUT2D eigenvalue weighted by Gasteiger charge is -2.26. The van der Waals surface area contributed by atoms with Gasteiger partial charge in [0, 0.05) is 7.11 Å². The van der Waals surface area contributed by atoms with Gasteiger partial charge >= 0.3 is 0 Å². The minimum Gasteiger partial charge on any atom is -0.368 e. The summed E-state index contributed by atoms with van der Waals surface area (Å²) >= 11 is 0. The third-order valence-corrected chi connectivity index (χ3v) is 3.08. The fourth-order valence-electron chi connectivity index (χ4n) is 2.36. The van der Waals surface area contributed by atoms with Crippen LogP contribution in [0.15, 0.2) is 11.6 Å². The van der Waals surface area contributed by atoms with Crippen molar-refractivity contribution >= 4 is 6.29 Å². The molecule has 2 heterocycles. The highest BCUT2D eigenvalue weighted by Gasteiger charge is 2.51. The molecule has 2 aliphatic heterocycles. The molecule has 0 aromatic carbocycles.